The largest absolute Gasteiger partial charge is 0.271 e. The van der Waals surface area contributed by atoms with Gasteiger partial charge in [-0.1, -0.05) is 0 Å². The molecule has 80 valence electrons. The Kier molecular flexibility index (Phi) is 1.77. The van der Waals surface area contributed by atoms with E-state index in [1.165, 1.54) is 0 Å². The summed E-state index contributed by atoms with van der Waals surface area (Å²) < 4.78 is 1.73. The van der Waals surface area contributed by atoms with Crippen LogP contribution in [0, 0.1) is 10.1 Å². The maximum Gasteiger partial charge on any atom is 0.271 e. The Hall–Kier alpha value is -1.46. The summed E-state index contributed by atoms with van der Waals surface area (Å²) in [5.74, 6) is 1.85. The molecule has 1 aliphatic heterocycles. The van der Waals surface area contributed by atoms with Crippen molar-refractivity contribution in [2.45, 2.75) is 44.2 Å². The zero-order chi connectivity index (χ0) is 10.4. The summed E-state index contributed by atoms with van der Waals surface area (Å²) in [5, 5.41) is 15.2. The molecule has 1 fully saturated rings. The summed E-state index contributed by atoms with van der Waals surface area (Å²) in [6.45, 7) is 0.777. The molecular weight excluding hydrogens is 196 g/mol. The molecule has 0 radical (unpaired) electrons. The molecule has 6 nitrogen and oxygen atoms in total. The molecule has 3 rings (SSSR count). The third-order valence-electron chi connectivity index (χ3n) is 3.06. The molecule has 6 heteroatoms. The molecule has 0 saturated heterocycles. The van der Waals surface area contributed by atoms with E-state index in [2.05, 4.69) is 10.1 Å². The number of hydrogen-bond acceptors (Lipinski definition) is 4. The van der Waals surface area contributed by atoms with Crippen LogP contribution in [0.15, 0.2) is 0 Å². The highest BCUT2D eigenvalue weighted by molar-refractivity contribution is 5.08. The van der Waals surface area contributed by atoms with Gasteiger partial charge in [0, 0.05) is 23.8 Å². The Labute approximate surface area is 86.5 Å². The number of aromatic nitrogens is 3. The quantitative estimate of drug-likeness (QED) is 0.541. The Morgan fingerprint density at radius 2 is 2.20 bits per heavy atom. The van der Waals surface area contributed by atoms with Crippen LogP contribution >= 0.6 is 0 Å². The van der Waals surface area contributed by atoms with Gasteiger partial charge < -0.3 is 0 Å². The number of nitrogens with zero attached hydrogens (tertiary/aromatic N) is 4. The molecule has 0 amide bonds. The maximum absolute atomic E-state index is 10.8. The molecule has 15 heavy (non-hydrogen) atoms. The first-order chi connectivity index (χ1) is 7.25. The van der Waals surface area contributed by atoms with Crippen molar-refractivity contribution in [1.82, 2.24) is 14.8 Å². The smallest absolute Gasteiger partial charge is 0.264 e. The number of nitro groups is 1. The zero-order valence-corrected chi connectivity index (χ0v) is 8.30. The summed E-state index contributed by atoms with van der Waals surface area (Å²) in [4.78, 5) is 14.9. The number of aryl methyl sites for hydroxylation is 1. The van der Waals surface area contributed by atoms with Gasteiger partial charge in [-0.3, -0.25) is 10.1 Å². The van der Waals surface area contributed by atoms with E-state index in [9.17, 15) is 10.1 Å². The summed E-state index contributed by atoms with van der Waals surface area (Å²) in [7, 11) is 0. The second-order valence-corrected chi connectivity index (χ2v) is 4.27. The van der Waals surface area contributed by atoms with Gasteiger partial charge in [0.1, 0.15) is 0 Å². The molecule has 0 spiro atoms. The lowest BCUT2D eigenvalue weighted by atomic mass is 10.1. The first-order valence-electron chi connectivity index (χ1n) is 5.34. The van der Waals surface area contributed by atoms with Crippen molar-refractivity contribution in [3.05, 3.63) is 21.8 Å². The number of fused-ring (bicyclic) bond motifs is 1. The molecule has 1 aliphatic carbocycles. The van der Waals surface area contributed by atoms with Gasteiger partial charge in [-0.25, -0.2) is 9.67 Å². The molecule has 2 aliphatic rings. The highest BCUT2D eigenvalue weighted by atomic mass is 16.6. The number of hydrogen-bond donors (Lipinski definition) is 0. The second-order valence-electron chi connectivity index (χ2n) is 4.27. The molecule has 0 N–H and O–H groups in total. The summed E-state index contributed by atoms with van der Waals surface area (Å²) in [5.41, 5.74) is 0. The predicted molar refractivity (Wildman–Crippen MR) is 51.0 cm³/mol. The molecule has 1 atom stereocenters. The standard InChI is InChI=1S/C9H12N4O2/c14-13(15)7-2-1-5-12-9(7)10-8(11-12)6-3-4-6/h6-7H,1-5H2. The minimum absolute atomic E-state index is 0.240. The van der Waals surface area contributed by atoms with Gasteiger partial charge in [-0.2, -0.15) is 5.10 Å². The van der Waals surface area contributed by atoms with Crippen molar-refractivity contribution in [3.63, 3.8) is 0 Å². The van der Waals surface area contributed by atoms with Gasteiger partial charge >= 0.3 is 0 Å². The normalized spacial score (nSPS) is 24.9. The molecule has 0 aromatic carbocycles. The highest BCUT2D eigenvalue weighted by Crippen LogP contribution is 2.39. The first-order valence-corrected chi connectivity index (χ1v) is 5.34. The van der Waals surface area contributed by atoms with E-state index >= 15 is 0 Å². The van der Waals surface area contributed by atoms with Gasteiger partial charge in [-0.15, -0.1) is 0 Å². The Morgan fingerprint density at radius 3 is 2.87 bits per heavy atom. The predicted octanol–water partition coefficient (Wildman–Crippen LogP) is 1.27. The highest BCUT2D eigenvalue weighted by Gasteiger charge is 2.36. The summed E-state index contributed by atoms with van der Waals surface area (Å²) >= 11 is 0. The first kappa shape index (κ1) is 8.82. The Balaban J connectivity index is 1.98. The summed E-state index contributed by atoms with van der Waals surface area (Å²) in [6.07, 6.45) is 3.68. The number of rotatable bonds is 2. The minimum atomic E-state index is -0.640. The molecule has 1 aromatic heterocycles. The topological polar surface area (TPSA) is 73.8 Å². The average molecular weight is 208 g/mol. The van der Waals surface area contributed by atoms with Crippen LogP contribution in [0.25, 0.3) is 0 Å². The van der Waals surface area contributed by atoms with E-state index in [1.54, 1.807) is 4.68 Å². The Bertz CT molecular complexity index is 410. The van der Waals surface area contributed by atoms with E-state index in [0.717, 1.165) is 31.6 Å². The van der Waals surface area contributed by atoms with E-state index in [4.69, 9.17) is 0 Å². The van der Waals surface area contributed by atoms with Crippen molar-refractivity contribution >= 4 is 0 Å². The SMILES string of the molecule is O=[N+]([O-])C1CCCn2nc(C3CC3)nc21. The molecular formula is C9H12N4O2. The van der Waals surface area contributed by atoms with Gasteiger partial charge in [0.25, 0.3) is 6.04 Å². The van der Waals surface area contributed by atoms with E-state index in [-0.39, 0.29) is 4.92 Å². The lowest BCUT2D eigenvalue weighted by Gasteiger charge is -2.15. The van der Waals surface area contributed by atoms with Crippen molar-refractivity contribution < 1.29 is 4.92 Å². The molecule has 1 aromatic rings. The van der Waals surface area contributed by atoms with Crippen LogP contribution in [0.5, 0.6) is 0 Å². The molecule has 1 unspecified atom stereocenters. The molecule has 2 heterocycles. The molecule has 0 bridgehead atoms. The third kappa shape index (κ3) is 1.40. The van der Waals surface area contributed by atoms with Crippen molar-refractivity contribution in [1.29, 1.82) is 0 Å². The van der Waals surface area contributed by atoms with Crippen molar-refractivity contribution in [2.24, 2.45) is 0 Å². The fraction of sp³-hybridized carbons (Fsp3) is 0.778. The van der Waals surface area contributed by atoms with Crippen LogP contribution in [-0.4, -0.2) is 19.7 Å². The van der Waals surface area contributed by atoms with Gasteiger partial charge in [0.05, 0.1) is 0 Å². The van der Waals surface area contributed by atoms with Gasteiger partial charge in [0.15, 0.2) is 5.82 Å². The van der Waals surface area contributed by atoms with E-state index in [0.29, 0.717) is 18.2 Å². The van der Waals surface area contributed by atoms with Crippen LogP contribution in [0.2, 0.25) is 0 Å². The lowest BCUT2D eigenvalue weighted by molar-refractivity contribution is -0.533. The van der Waals surface area contributed by atoms with Crippen LogP contribution in [0.4, 0.5) is 0 Å². The minimum Gasteiger partial charge on any atom is -0.264 e. The fourth-order valence-electron chi connectivity index (χ4n) is 2.06. The van der Waals surface area contributed by atoms with Crippen LogP contribution < -0.4 is 0 Å². The third-order valence-corrected chi connectivity index (χ3v) is 3.06. The van der Waals surface area contributed by atoms with Gasteiger partial charge in [0.2, 0.25) is 5.82 Å². The van der Waals surface area contributed by atoms with Crippen molar-refractivity contribution in [3.8, 4) is 0 Å². The van der Waals surface area contributed by atoms with E-state index < -0.39 is 6.04 Å². The van der Waals surface area contributed by atoms with Gasteiger partial charge in [-0.05, 0) is 19.3 Å². The average Bonchev–Trinajstić information content (AvgIpc) is 2.96. The van der Waals surface area contributed by atoms with Crippen LogP contribution in [-0.2, 0) is 6.54 Å². The lowest BCUT2D eigenvalue weighted by Crippen LogP contribution is -2.22. The zero-order valence-electron chi connectivity index (χ0n) is 8.30. The van der Waals surface area contributed by atoms with Crippen LogP contribution in [0.1, 0.15) is 49.3 Å². The Morgan fingerprint density at radius 1 is 1.40 bits per heavy atom. The summed E-state index contributed by atoms with van der Waals surface area (Å²) in [6, 6.07) is -0.640. The maximum atomic E-state index is 10.8. The van der Waals surface area contributed by atoms with Crippen LogP contribution in [0.3, 0.4) is 0 Å². The van der Waals surface area contributed by atoms with E-state index in [1.807, 2.05) is 0 Å². The van der Waals surface area contributed by atoms with Crippen molar-refractivity contribution in [2.75, 3.05) is 0 Å². The monoisotopic (exact) mass is 208 g/mol. The second kappa shape index (κ2) is 3.01. The fourth-order valence-corrected chi connectivity index (χ4v) is 2.06. The molecule has 1 saturated carbocycles.